The number of piperidine rings is 1. The van der Waals surface area contributed by atoms with Crippen LogP contribution in [0.3, 0.4) is 0 Å². The van der Waals surface area contributed by atoms with Crippen LogP contribution in [0.15, 0.2) is 24.3 Å². The predicted octanol–water partition coefficient (Wildman–Crippen LogP) is 2.40. The number of aromatic nitrogens is 1. The molecule has 2 aromatic rings. The number of ether oxygens (including phenoxy) is 2. The lowest BCUT2D eigenvalue weighted by Gasteiger charge is -2.48. The highest BCUT2D eigenvalue weighted by atomic mass is 16.5. The zero-order valence-corrected chi connectivity index (χ0v) is 16.9. The molecule has 4 rings (SSSR count). The van der Waals surface area contributed by atoms with Gasteiger partial charge in [0.1, 0.15) is 11.8 Å². The number of Topliss-reactive ketones (excluding diaryl/α,β-unsaturated/α-hetero) is 1. The van der Waals surface area contributed by atoms with E-state index in [4.69, 9.17) is 9.47 Å². The summed E-state index contributed by atoms with van der Waals surface area (Å²) in [5.74, 6) is -1.02. The fourth-order valence-corrected chi connectivity index (χ4v) is 5.09. The number of fused-ring (bicyclic) bond motifs is 5. The third-order valence-corrected chi connectivity index (χ3v) is 6.53. The summed E-state index contributed by atoms with van der Waals surface area (Å²) in [5, 5.41) is 1.11. The van der Waals surface area contributed by atoms with E-state index in [1.807, 2.05) is 18.2 Å². The van der Waals surface area contributed by atoms with Crippen LogP contribution in [0.1, 0.15) is 37.1 Å². The maximum atomic E-state index is 12.6. The average Bonchev–Trinajstić information content (AvgIpc) is 3.10. The Morgan fingerprint density at radius 2 is 1.93 bits per heavy atom. The van der Waals surface area contributed by atoms with E-state index in [-0.39, 0.29) is 42.0 Å². The van der Waals surface area contributed by atoms with Gasteiger partial charge in [0.2, 0.25) is 0 Å². The molecule has 1 fully saturated rings. The molecule has 29 heavy (non-hydrogen) atoms. The molecule has 2 aliphatic rings. The minimum atomic E-state index is -0.447. The molecule has 1 aromatic carbocycles. The van der Waals surface area contributed by atoms with Crippen LogP contribution >= 0.6 is 0 Å². The third-order valence-electron chi connectivity index (χ3n) is 6.53. The van der Waals surface area contributed by atoms with Crippen molar-refractivity contribution in [2.75, 3.05) is 20.8 Å². The fourth-order valence-electron chi connectivity index (χ4n) is 5.09. The van der Waals surface area contributed by atoms with Crippen molar-refractivity contribution in [1.29, 1.82) is 0 Å². The molecule has 1 saturated heterocycles. The largest absolute Gasteiger partial charge is 0.469 e. The van der Waals surface area contributed by atoms with Gasteiger partial charge >= 0.3 is 11.9 Å². The van der Waals surface area contributed by atoms with Crippen molar-refractivity contribution in [3.63, 3.8) is 0 Å². The van der Waals surface area contributed by atoms with E-state index in [2.05, 4.69) is 16.0 Å². The van der Waals surface area contributed by atoms with Crippen molar-refractivity contribution in [3.8, 4) is 0 Å². The Balaban J connectivity index is 1.78. The summed E-state index contributed by atoms with van der Waals surface area (Å²) in [6, 6.07) is 7.52. The summed E-state index contributed by atoms with van der Waals surface area (Å²) in [6.45, 7) is 1.98. The van der Waals surface area contributed by atoms with Crippen molar-refractivity contribution in [2.45, 2.75) is 38.3 Å². The molecule has 0 spiro atoms. The standard InChI is InChI=1S/C22H26N2O5/c1-12(25)16-11-24-18(8-13(16)9-20(26)28-2)21-15(10-19(24)22(27)29-3)14-6-4-5-7-17(14)23-21/h4-7,13,16,18-19,23H,8-11H2,1-3H3/t13-,16-,18+,19-/m1/s1. The normalized spacial score (nSPS) is 26.4. The second-order valence-electron chi connectivity index (χ2n) is 8.01. The second-order valence-corrected chi connectivity index (χ2v) is 8.01. The highest BCUT2D eigenvalue weighted by Gasteiger charge is 2.48. The number of hydrogen-bond donors (Lipinski definition) is 1. The minimum Gasteiger partial charge on any atom is -0.469 e. The number of H-pyrrole nitrogens is 1. The summed E-state index contributed by atoms with van der Waals surface area (Å²) >= 11 is 0. The van der Waals surface area contributed by atoms with Gasteiger partial charge in [-0.1, -0.05) is 18.2 Å². The number of hydrogen-bond acceptors (Lipinski definition) is 6. The van der Waals surface area contributed by atoms with Crippen molar-refractivity contribution < 1.29 is 23.9 Å². The van der Waals surface area contributed by atoms with Gasteiger partial charge in [-0.05, 0) is 30.9 Å². The Morgan fingerprint density at radius 1 is 1.17 bits per heavy atom. The summed E-state index contributed by atoms with van der Waals surface area (Å²) < 4.78 is 9.96. The van der Waals surface area contributed by atoms with Gasteiger partial charge in [-0.15, -0.1) is 0 Å². The molecule has 0 bridgehead atoms. The molecule has 154 valence electrons. The van der Waals surface area contributed by atoms with Crippen molar-refractivity contribution in [3.05, 3.63) is 35.5 Å². The number of carbonyl (C=O) groups is 3. The van der Waals surface area contributed by atoms with Crippen LogP contribution in [0.4, 0.5) is 0 Å². The highest BCUT2D eigenvalue weighted by molar-refractivity contribution is 5.87. The Bertz CT molecular complexity index is 965. The molecule has 1 aromatic heterocycles. The number of para-hydroxylation sites is 1. The molecule has 3 heterocycles. The van der Waals surface area contributed by atoms with Gasteiger partial charge in [-0.25, -0.2) is 0 Å². The Kier molecular flexibility index (Phi) is 5.17. The van der Waals surface area contributed by atoms with E-state index >= 15 is 0 Å². The van der Waals surface area contributed by atoms with E-state index in [9.17, 15) is 14.4 Å². The molecule has 1 N–H and O–H groups in total. The average molecular weight is 398 g/mol. The molecule has 4 atom stereocenters. The van der Waals surface area contributed by atoms with Crippen LogP contribution in [0, 0.1) is 11.8 Å². The number of carbonyl (C=O) groups excluding carboxylic acids is 3. The monoisotopic (exact) mass is 398 g/mol. The van der Waals surface area contributed by atoms with Crippen LogP contribution in [0.5, 0.6) is 0 Å². The molecule has 7 heteroatoms. The van der Waals surface area contributed by atoms with E-state index < -0.39 is 6.04 Å². The number of nitrogens with one attached hydrogen (secondary N) is 1. The molecular formula is C22H26N2O5. The number of rotatable bonds is 4. The maximum absolute atomic E-state index is 12.6. The number of methoxy groups -OCH3 is 2. The van der Waals surface area contributed by atoms with E-state index in [1.165, 1.54) is 14.2 Å². The molecular weight excluding hydrogens is 372 g/mol. The Morgan fingerprint density at radius 3 is 2.62 bits per heavy atom. The molecule has 0 saturated carbocycles. The smallest absolute Gasteiger partial charge is 0.323 e. The zero-order chi connectivity index (χ0) is 20.7. The van der Waals surface area contributed by atoms with Gasteiger partial charge in [0.25, 0.3) is 0 Å². The zero-order valence-electron chi connectivity index (χ0n) is 16.9. The predicted molar refractivity (Wildman–Crippen MR) is 106 cm³/mol. The van der Waals surface area contributed by atoms with Gasteiger partial charge in [-0.3, -0.25) is 19.3 Å². The Hall–Kier alpha value is -2.67. The van der Waals surface area contributed by atoms with Crippen molar-refractivity contribution in [1.82, 2.24) is 9.88 Å². The maximum Gasteiger partial charge on any atom is 0.323 e. The van der Waals surface area contributed by atoms with Gasteiger partial charge in [0, 0.05) is 41.9 Å². The Labute approximate surface area is 169 Å². The summed E-state index contributed by atoms with van der Waals surface area (Å²) in [6.07, 6.45) is 1.34. The molecule has 0 unspecified atom stereocenters. The van der Waals surface area contributed by atoms with Crippen molar-refractivity contribution in [2.24, 2.45) is 11.8 Å². The lowest BCUT2D eigenvalue weighted by molar-refractivity contribution is -0.154. The first-order valence-electron chi connectivity index (χ1n) is 9.94. The minimum absolute atomic E-state index is 0.0309. The number of aromatic amines is 1. The first-order valence-corrected chi connectivity index (χ1v) is 9.94. The van der Waals surface area contributed by atoms with Gasteiger partial charge in [0.05, 0.1) is 20.3 Å². The third kappa shape index (κ3) is 3.33. The molecule has 0 radical (unpaired) electrons. The quantitative estimate of drug-likeness (QED) is 0.796. The topological polar surface area (TPSA) is 88.7 Å². The first kappa shape index (κ1) is 19.6. The number of benzene rings is 1. The lowest BCUT2D eigenvalue weighted by atomic mass is 9.74. The highest BCUT2D eigenvalue weighted by Crippen LogP contribution is 2.46. The second kappa shape index (κ2) is 7.63. The van der Waals surface area contributed by atoms with E-state index in [1.54, 1.807) is 6.92 Å². The molecule has 0 amide bonds. The molecule has 7 nitrogen and oxygen atoms in total. The van der Waals surface area contributed by atoms with Gasteiger partial charge in [-0.2, -0.15) is 0 Å². The van der Waals surface area contributed by atoms with Crippen LogP contribution in [-0.2, 0) is 30.3 Å². The lowest BCUT2D eigenvalue weighted by Crippen LogP contribution is -2.55. The summed E-state index contributed by atoms with van der Waals surface area (Å²) in [5.41, 5.74) is 3.22. The van der Waals surface area contributed by atoms with Crippen LogP contribution in [0.2, 0.25) is 0 Å². The van der Waals surface area contributed by atoms with Crippen LogP contribution in [-0.4, -0.2) is 54.4 Å². The summed E-state index contributed by atoms with van der Waals surface area (Å²) in [7, 11) is 2.76. The number of nitrogens with zero attached hydrogens (tertiary/aromatic N) is 1. The van der Waals surface area contributed by atoms with E-state index in [0.29, 0.717) is 19.4 Å². The first-order chi connectivity index (χ1) is 13.9. The summed E-state index contributed by atoms with van der Waals surface area (Å²) in [4.78, 5) is 42.6. The molecule has 0 aliphatic carbocycles. The SMILES string of the molecule is COC(=O)C[C@H]1C[C@H]2c3[nH]c4ccccc4c3C[C@H](C(=O)OC)N2C[C@@H]1C(C)=O. The van der Waals surface area contributed by atoms with Gasteiger partial charge in [0.15, 0.2) is 0 Å². The van der Waals surface area contributed by atoms with E-state index in [0.717, 1.165) is 22.2 Å². The fraction of sp³-hybridized carbons (Fsp3) is 0.500. The number of esters is 2. The van der Waals surface area contributed by atoms with Gasteiger partial charge < -0.3 is 14.5 Å². The van der Waals surface area contributed by atoms with Crippen molar-refractivity contribution >= 4 is 28.6 Å². The molecule has 2 aliphatic heterocycles. The van der Waals surface area contributed by atoms with Crippen LogP contribution in [0.25, 0.3) is 10.9 Å². The number of ketones is 1. The van der Waals surface area contributed by atoms with Crippen LogP contribution < -0.4 is 0 Å².